The highest BCUT2D eigenvalue weighted by Crippen LogP contribution is 2.18. The van der Waals surface area contributed by atoms with E-state index in [1.54, 1.807) is 0 Å². The number of carbonyl (C=O) groups is 1. The fraction of sp³-hybridized carbons (Fsp3) is 0.944. The lowest BCUT2D eigenvalue weighted by Gasteiger charge is -2.41. The van der Waals surface area contributed by atoms with Gasteiger partial charge in [-0.25, -0.2) is 0 Å². The summed E-state index contributed by atoms with van der Waals surface area (Å²) in [6.45, 7) is 16.1. The first-order chi connectivity index (χ1) is 11.0. The predicted octanol–water partition coefficient (Wildman–Crippen LogP) is 1.15. The molecule has 2 rings (SSSR count). The molecular weight excluding hydrogens is 288 g/mol. The van der Waals surface area contributed by atoms with Gasteiger partial charge in [-0.1, -0.05) is 13.8 Å². The van der Waals surface area contributed by atoms with Crippen LogP contribution in [0.1, 0.15) is 40.5 Å². The molecule has 0 saturated carbocycles. The smallest absolute Gasteiger partial charge is 0.225 e. The lowest BCUT2D eigenvalue weighted by Crippen LogP contribution is -2.56. The van der Waals surface area contributed by atoms with E-state index in [2.05, 4.69) is 48.1 Å². The molecule has 0 aliphatic carbocycles. The number of rotatable bonds is 8. The van der Waals surface area contributed by atoms with Crippen molar-refractivity contribution in [1.82, 2.24) is 20.4 Å². The summed E-state index contributed by atoms with van der Waals surface area (Å²) in [5.41, 5.74) is 0. The highest BCUT2D eigenvalue weighted by atomic mass is 16.2. The molecule has 0 aromatic carbocycles. The number of hydrogen-bond acceptors (Lipinski definition) is 4. The highest BCUT2D eigenvalue weighted by Gasteiger charge is 2.33. The van der Waals surface area contributed by atoms with E-state index < -0.39 is 0 Å². The molecule has 1 amide bonds. The van der Waals surface area contributed by atoms with Gasteiger partial charge in [0.2, 0.25) is 5.91 Å². The van der Waals surface area contributed by atoms with Crippen molar-refractivity contribution in [3.63, 3.8) is 0 Å². The molecule has 134 valence electrons. The molecule has 0 radical (unpaired) electrons. The Kier molecular flexibility index (Phi) is 7.31. The number of piperidine rings is 1. The molecule has 0 spiro atoms. The van der Waals surface area contributed by atoms with Crippen LogP contribution in [-0.2, 0) is 4.79 Å². The molecule has 2 aliphatic rings. The third-order valence-electron chi connectivity index (χ3n) is 5.08. The van der Waals surface area contributed by atoms with Crippen LogP contribution in [0.4, 0.5) is 0 Å². The van der Waals surface area contributed by atoms with E-state index in [9.17, 15) is 4.79 Å². The van der Waals surface area contributed by atoms with Crippen LogP contribution in [0.25, 0.3) is 0 Å². The molecule has 2 N–H and O–H groups in total. The summed E-state index contributed by atoms with van der Waals surface area (Å²) in [7, 11) is 0. The second-order valence-corrected chi connectivity index (χ2v) is 7.96. The number of amides is 1. The van der Waals surface area contributed by atoms with Crippen molar-refractivity contribution in [2.45, 2.75) is 52.6 Å². The Labute approximate surface area is 142 Å². The molecule has 23 heavy (non-hydrogen) atoms. The quantitative estimate of drug-likeness (QED) is 0.658. The Morgan fingerprint density at radius 2 is 1.74 bits per heavy atom. The lowest BCUT2D eigenvalue weighted by molar-refractivity contribution is -0.130. The van der Waals surface area contributed by atoms with Gasteiger partial charge in [-0.15, -0.1) is 0 Å². The van der Waals surface area contributed by atoms with Crippen molar-refractivity contribution >= 4 is 5.91 Å². The van der Waals surface area contributed by atoms with E-state index in [0.29, 0.717) is 12.1 Å². The summed E-state index contributed by atoms with van der Waals surface area (Å²) in [5.74, 6) is 1.19. The highest BCUT2D eigenvalue weighted by molar-refractivity contribution is 5.80. The zero-order chi connectivity index (χ0) is 16.8. The van der Waals surface area contributed by atoms with Gasteiger partial charge < -0.3 is 15.5 Å². The SMILES string of the molecule is CC(C)CN1CCC(NCCNC(=O)C2CN(C(C)C)C2)CC1. The molecule has 5 nitrogen and oxygen atoms in total. The maximum absolute atomic E-state index is 12.0. The summed E-state index contributed by atoms with van der Waals surface area (Å²) in [6.07, 6.45) is 2.46. The molecule has 2 heterocycles. The average Bonchev–Trinajstić information content (AvgIpc) is 2.42. The Morgan fingerprint density at radius 3 is 2.30 bits per heavy atom. The van der Waals surface area contributed by atoms with Crippen molar-refractivity contribution in [3.05, 3.63) is 0 Å². The van der Waals surface area contributed by atoms with Crippen molar-refractivity contribution in [3.8, 4) is 0 Å². The van der Waals surface area contributed by atoms with E-state index in [1.807, 2.05) is 0 Å². The van der Waals surface area contributed by atoms with Gasteiger partial charge >= 0.3 is 0 Å². The van der Waals surface area contributed by atoms with Gasteiger partial charge in [-0.3, -0.25) is 9.69 Å². The third kappa shape index (κ3) is 6.05. The van der Waals surface area contributed by atoms with E-state index in [1.165, 1.54) is 32.5 Å². The van der Waals surface area contributed by atoms with E-state index >= 15 is 0 Å². The number of nitrogens with one attached hydrogen (secondary N) is 2. The first kappa shape index (κ1) is 18.7. The minimum absolute atomic E-state index is 0.205. The average molecular weight is 325 g/mol. The number of carbonyl (C=O) groups excluding carboxylic acids is 1. The van der Waals surface area contributed by atoms with Gasteiger partial charge in [-0.05, 0) is 45.7 Å². The van der Waals surface area contributed by atoms with Crippen molar-refractivity contribution in [1.29, 1.82) is 0 Å². The summed E-state index contributed by atoms with van der Waals surface area (Å²) < 4.78 is 0. The van der Waals surface area contributed by atoms with E-state index in [4.69, 9.17) is 0 Å². The standard InChI is InChI=1S/C18H36N4O/c1-14(2)11-21-9-5-17(6-10-21)19-7-8-20-18(23)16-12-22(13-16)15(3)4/h14-17,19H,5-13H2,1-4H3,(H,20,23). The predicted molar refractivity (Wildman–Crippen MR) is 95.5 cm³/mol. The van der Waals surface area contributed by atoms with Crippen LogP contribution in [0.2, 0.25) is 0 Å². The van der Waals surface area contributed by atoms with Crippen LogP contribution < -0.4 is 10.6 Å². The third-order valence-corrected chi connectivity index (χ3v) is 5.08. The Morgan fingerprint density at radius 1 is 1.09 bits per heavy atom. The van der Waals surface area contributed by atoms with Gasteiger partial charge in [0, 0.05) is 44.8 Å². The Bertz CT molecular complexity index is 358. The van der Waals surface area contributed by atoms with E-state index in [0.717, 1.165) is 32.1 Å². The van der Waals surface area contributed by atoms with Crippen LogP contribution in [0, 0.1) is 11.8 Å². The normalized spacial score (nSPS) is 21.8. The number of nitrogens with zero attached hydrogens (tertiary/aromatic N) is 2. The number of likely N-dealkylation sites (tertiary alicyclic amines) is 2. The second-order valence-electron chi connectivity index (χ2n) is 7.96. The fourth-order valence-corrected chi connectivity index (χ4v) is 3.54. The van der Waals surface area contributed by atoms with Crippen LogP contribution >= 0.6 is 0 Å². The molecular formula is C18H36N4O. The van der Waals surface area contributed by atoms with Crippen molar-refractivity contribution in [2.75, 3.05) is 45.8 Å². The molecule has 0 bridgehead atoms. The summed E-state index contributed by atoms with van der Waals surface area (Å²) >= 11 is 0. The zero-order valence-corrected chi connectivity index (χ0v) is 15.5. The first-order valence-electron chi connectivity index (χ1n) is 9.43. The minimum atomic E-state index is 0.205. The maximum Gasteiger partial charge on any atom is 0.225 e. The Hall–Kier alpha value is -0.650. The first-order valence-corrected chi connectivity index (χ1v) is 9.43. The van der Waals surface area contributed by atoms with Crippen LogP contribution in [0.5, 0.6) is 0 Å². The lowest BCUT2D eigenvalue weighted by atomic mass is 9.97. The van der Waals surface area contributed by atoms with Crippen LogP contribution in [0.15, 0.2) is 0 Å². The molecule has 0 unspecified atom stereocenters. The summed E-state index contributed by atoms with van der Waals surface area (Å²) in [6, 6.07) is 1.18. The molecule has 0 aromatic rings. The van der Waals surface area contributed by atoms with Gasteiger partial charge in [0.25, 0.3) is 0 Å². The van der Waals surface area contributed by atoms with Gasteiger partial charge in [-0.2, -0.15) is 0 Å². The van der Waals surface area contributed by atoms with Gasteiger partial charge in [0.05, 0.1) is 5.92 Å². The molecule has 0 atom stereocenters. The fourth-order valence-electron chi connectivity index (χ4n) is 3.54. The maximum atomic E-state index is 12.0. The molecule has 2 aliphatic heterocycles. The topological polar surface area (TPSA) is 47.6 Å². The molecule has 2 fully saturated rings. The van der Waals surface area contributed by atoms with Gasteiger partial charge in [0.1, 0.15) is 0 Å². The van der Waals surface area contributed by atoms with Crippen molar-refractivity contribution < 1.29 is 4.79 Å². The van der Waals surface area contributed by atoms with Crippen LogP contribution in [-0.4, -0.2) is 73.6 Å². The van der Waals surface area contributed by atoms with Crippen LogP contribution in [0.3, 0.4) is 0 Å². The minimum Gasteiger partial charge on any atom is -0.355 e. The van der Waals surface area contributed by atoms with E-state index in [-0.39, 0.29) is 11.8 Å². The second kappa shape index (κ2) is 9.00. The molecule has 2 saturated heterocycles. The van der Waals surface area contributed by atoms with Crippen molar-refractivity contribution in [2.24, 2.45) is 11.8 Å². The number of hydrogen-bond donors (Lipinski definition) is 2. The van der Waals surface area contributed by atoms with Gasteiger partial charge in [0.15, 0.2) is 0 Å². The monoisotopic (exact) mass is 324 g/mol. The zero-order valence-electron chi connectivity index (χ0n) is 15.5. The largest absolute Gasteiger partial charge is 0.355 e. The molecule has 0 aromatic heterocycles. The Balaban J connectivity index is 1.49. The summed E-state index contributed by atoms with van der Waals surface area (Å²) in [5, 5.41) is 6.68. The summed E-state index contributed by atoms with van der Waals surface area (Å²) in [4.78, 5) is 16.9. The molecule has 5 heteroatoms.